The molecule has 7 heteroatoms. The van der Waals surface area contributed by atoms with Crippen molar-refractivity contribution in [2.45, 2.75) is 36.7 Å². The van der Waals surface area contributed by atoms with E-state index in [2.05, 4.69) is 5.32 Å². The minimum absolute atomic E-state index is 0.451. The average Bonchev–Trinajstić information content (AvgIpc) is 2.72. The summed E-state index contributed by atoms with van der Waals surface area (Å²) in [5.74, 6) is 0.438. The van der Waals surface area contributed by atoms with Gasteiger partial charge in [-0.25, -0.2) is 8.42 Å². The Morgan fingerprint density at radius 2 is 1.75 bits per heavy atom. The quantitative estimate of drug-likeness (QED) is 0.802. The maximum atomic E-state index is 13.0. The summed E-state index contributed by atoms with van der Waals surface area (Å²) < 4.78 is 36.5. The lowest BCUT2D eigenvalue weighted by Crippen LogP contribution is -2.41. The molecule has 0 fully saturated rings. The molecule has 2 aromatic rings. The Labute approximate surface area is 165 Å². The molecule has 0 radical (unpaired) electrons. The summed E-state index contributed by atoms with van der Waals surface area (Å²) in [6.45, 7) is 1.45. The number of sulfone groups is 1. The summed E-state index contributed by atoms with van der Waals surface area (Å²) in [4.78, 5) is 12.6. The van der Waals surface area contributed by atoms with E-state index in [0.717, 1.165) is 5.56 Å². The third-order valence-corrected chi connectivity index (χ3v) is 7.81. The zero-order chi connectivity index (χ0) is 20.3. The number of rotatable bonds is 6. The molecule has 28 heavy (non-hydrogen) atoms. The summed E-state index contributed by atoms with van der Waals surface area (Å²) in [7, 11) is -0.602. The monoisotopic (exact) mass is 403 g/mol. The Bertz CT molecular complexity index is 971. The zero-order valence-electron chi connectivity index (χ0n) is 16.3. The van der Waals surface area contributed by atoms with Crippen molar-refractivity contribution in [1.82, 2.24) is 0 Å². The number of ether oxygens (including phenoxy) is 2. The van der Waals surface area contributed by atoms with Crippen LogP contribution < -0.4 is 14.8 Å². The Morgan fingerprint density at radius 1 is 1.07 bits per heavy atom. The second-order valence-electron chi connectivity index (χ2n) is 6.92. The van der Waals surface area contributed by atoms with Crippen molar-refractivity contribution in [3.63, 3.8) is 0 Å². The van der Waals surface area contributed by atoms with E-state index in [0.29, 0.717) is 36.4 Å². The molecule has 1 aliphatic carbocycles. The molecule has 2 unspecified atom stereocenters. The van der Waals surface area contributed by atoms with Gasteiger partial charge in [-0.3, -0.25) is 4.79 Å². The smallest absolute Gasteiger partial charge is 0.242 e. The van der Waals surface area contributed by atoms with Gasteiger partial charge in [0.2, 0.25) is 5.91 Å². The largest absolute Gasteiger partial charge is 0.493 e. The molecule has 3 rings (SSSR count). The van der Waals surface area contributed by atoms with E-state index >= 15 is 0 Å². The minimum Gasteiger partial charge on any atom is -0.493 e. The zero-order valence-corrected chi connectivity index (χ0v) is 17.1. The van der Waals surface area contributed by atoms with Crippen molar-refractivity contribution in [3.05, 3.63) is 53.6 Å². The van der Waals surface area contributed by atoms with Crippen molar-refractivity contribution >= 4 is 21.4 Å². The second-order valence-corrected chi connectivity index (χ2v) is 9.48. The van der Waals surface area contributed by atoms with Crippen LogP contribution in [0.4, 0.5) is 5.69 Å². The predicted octanol–water partition coefficient (Wildman–Crippen LogP) is 3.00. The SMILES string of the molecule is COc1ccc(NC(=O)C(C)S(=O)(=O)C2CCc3ccccc3C2)cc1OC. The van der Waals surface area contributed by atoms with Crippen LogP contribution in [-0.4, -0.2) is 39.0 Å². The van der Waals surface area contributed by atoms with E-state index in [9.17, 15) is 13.2 Å². The first kappa shape index (κ1) is 20.2. The van der Waals surface area contributed by atoms with Crippen molar-refractivity contribution in [2.24, 2.45) is 0 Å². The number of nitrogens with one attached hydrogen (secondary N) is 1. The molecule has 0 bridgehead atoms. The van der Waals surface area contributed by atoms with Crippen LogP contribution in [0.3, 0.4) is 0 Å². The van der Waals surface area contributed by atoms with Gasteiger partial charge in [0.15, 0.2) is 21.3 Å². The molecule has 2 atom stereocenters. The van der Waals surface area contributed by atoms with Crippen LogP contribution in [0.1, 0.15) is 24.5 Å². The van der Waals surface area contributed by atoms with Crippen molar-refractivity contribution in [2.75, 3.05) is 19.5 Å². The van der Waals surface area contributed by atoms with E-state index in [1.807, 2.05) is 24.3 Å². The number of aryl methyl sites for hydroxylation is 1. The molecule has 0 aromatic heterocycles. The van der Waals surface area contributed by atoms with Crippen molar-refractivity contribution in [1.29, 1.82) is 0 Å². The van der Waals surface area contributed by atoms with Gasteiger partial charge in [0.25, 0.3) is 0 Å². The molecule has 2 aromatic carbocycles. The maximum Gasteiger partial charge on any atom is 0.242 e. The Balaban J connectivity index is 1.74. The van der Waals surface area contributed by atoms with Crippen LogP contribution in [0.2, 0.25) is 0 Å². The Hall–Kier alpha value is -2.54. The number of carbonyl (C=O) groups excluding carboxylic acids is 1. The highest BCUT2D eigenvalue weighted by Crippen LogP contribution is 2.31. The Kier molecular flexibility index (Phi) is 5.93. The van der Waals surface area contributed by atoms with Crippen molar-refractivity contribution in [3.8, 4) is 11.5 Å². The molecule has 0 spiro atoms. The first-order valence-corrected chi connectivity index (χ1v) is 10.8. The number of anilines is 1. The molecule has 0 saturated heterocycles. The van der Waals surface area contributed by atoms with E-state index in [1.54, 1.807) is 18.2 Å². The van der Waals surface area contributed by atoms with Gasteiger partial charge in [0.1, 0.15) is 5.25 Å². The molecule has 1 amide bonds. The maximum absolute atomic E-state index is 13.0. The van der Waals surface area contributed by atoms with Gasteiger partial charge in [-0.2, -0.15) is 0 Å². The number of hydrogen-bond donors (Lipinski definition) is 1. The van der Waals surface area contributed by atoms with Crippen molar-refractivity contribution < 1.29 is 22.7 Å². The highest BCUT2D eigenvalue weighted by molar-refractivity contribution is 7.93. The summed E-state index contributed by atoms with van der Waals surface area (Å²) in [6.07, 6.45) is 1.70. The topological polar surface area (TPSA) is 81.7 Å². The highest BCUT2D eigenvalue weighted by Gasteiger charge is 2.37. The van der Waals surface area contributed by atoms with Gasteiger partial charge in [0.05, 0.1) is 19.5 Å². The number of hydrogen-bond acceptors (Lipinski definition) is 5. The lowest BCUT2D eigenvalue weighted by Gasteiger charge is -2.26. The Morgan fingerprint density at radius 3 is 2.43 bits per heavy atom. The summed E-state index contributed by atoms with van der Waals surface area (Å²) in [6, 6.07) is 12.8. The van der Waals surface area contributed by atoms with Gasteiger partial charge >= 0.3 is 0 Å². The molecular weight excluding hydrogens is 378 g/mol. The first-order chi connectivity index (χ1) is 13.4. The van der Waals surface area contributed by atoms with Gasteiger partial charge in [-0.15, -0.1) is 0 Å². The number of fused-ring (bicyclic) bond motifs is 1. The molecule has 1 N–H and O–H groups in total. The predicted molar refractivity (Wildman–Crippen MR) is 109 cm³/mol. The highest BCUT2D eigenvalue weighted by atomic mass is 32.2. The molecule has 1 aliphatic rings. The van der Waals surface area contributed by atoms with Gasteiger partial charge in [-0.1, -0.05) is 24.3 Å². The van der Waals surface area contributed by atoms with Gasteiger partial charge in [0, 0.05) is 11.8 Å². The standard InChI is InChI=1S/C21H25NO5S/c1-14(21(23)22-17-9-11-19(26-2)20(13-17)27-3)28(24,25)18-10-8-15-6-4-5-7-16(15)12-18/h4-7,9,11,13-14,18H,8,10,12H2,1-3H3,(H,22,23). The van der Waals surface area contributed by atoms with E-state index in [-0.39, 0.29) is 0 Å². The molecule has 0 aliphatic heterocycles. The number of methoxy groups -OCH3 is 2. The lowest BCUT2D eigenvalue weighted by atomic mass is 9.91. The van der Waals surface area contributed by atoms with Crippen LogP contribution in [0.15, 0.2) is 42.5 Å². The van der Waals surface area contributed by atoms with Crippen LogP contribution in [0.5, 0.6) is 11.5 Å². The van der Waals surface area contributed by atoms with Crippen LogP contribution in [-0.2, 0) is 27.5 Å². The fourth-order valence-corrected chi connectivity index (χ4v) is 5.33. The van der Waals surface area contributed by atoms with Gasteiger partial charge < -0.3 is 14.8 Å². The molecule has 0 saturated carbocycles. The number of carbonyl (C=O) groups is 1. The average molecular weight is 404 g/mol. The first-order valence-electron chi connectivity index (χ1n) is 9.19. The number of amides is 1. The van der Waals surface area contributed by atoms with Crippen LogP contribution in [0.25, 0.3) is 0 Å². The lowest BCUT2D eigenvalue weighted by molar-refractivity contribution is -0.115. The fraction of sp³-hybridized carbons (Fsp3) is 0.381. The van der Waals surface area contributed by atoms with Gasteiger partial charge in [-0.05, 0) is 49.4 Å². The summed E-state index contributed by atoms with van der Waals surface area (Å²) in [5.41, 5.74) is 2.70. The fourth-order valence-electron chi connectivity index (χ4n) is 3.54. The third kappa shape index (κ3) is 3.99. The van der Waals surface area contributed by atoms with Crippen LogP contribution in [0, 0.1) is 0 Å². The molecule has 150 valence electrons. The van der Waals surface area contributed by atoms with Crippen LogP contribution >= 0.6 is 0 Å². The molecule has 0 heterocycles. The summed E-state index contributed by atoms with van der Waals surface area (Å²) in [5, 5.41) is 0.988. The van der Waals surface area contributed by atoms with E-state index in [1.165, 1.54) is 26.7 Å². The van der Waals surface area contributed by atoms with E-state index < -0.39 is 26.2 Å². The second kappa shape index (κ2) is 8.22. The van der Waals surface area contributed by atoms with E-state index in [4.69, 9.17) is 9.47 Å². The summed E-state index contributed by atoms with van der Waals surface area (Å²) >= 11 is 0. The molecule has 6 nitrogen and oxygen atoms in total. The normalized spacial score (nSPS) is 17.3. The minimum atomic E-state index is -3.62. The molecular formula is C21H25NO5S. The number of benzene rings is 2. The third-order valence-electron chi connectivity index (χ3n) is 5.28.